The molecule has 0 atom stereocenters. The van der Waals surface area contributed by atoms with Crippen LogP contribution in [0.5, 0.6) is 0 Å². The molecule has 0 amide bonds. The lowest BCUT2D eigenvalue weighted by molar-refractivity contribution is 0.584. The highest BCUT2D eigenvalue weighted by atomic mass is 19.1. The maximum Gasteiger partial charge on any atom is 0.128 e. The molecule has 0 aromatic heterocycles. The Morgan fingerprint density at radius 1 is 1.29 bits per heavy atom. The van der Waals surface area contributed by atoms with Gasteiger partial charge in [-0.3, -0.25) is 0 Å². The summed E-state index contributed by atoms with van der Waals surface area (Å²) in [5.41, 5.74) is 0.442. The first-order valence-corrected chi connectivity index (χ1v) is 3.65. The Bertz CT molecular complexity index is 288. The van der Waals surface area contributed by atoms with Crippen molar-refractivity contribution in [2.24, 2.45) is 0 Å². The molecule has 0 aliphatic heterocycles. The van der Waals surface area contributed by atoms with Gasteiger partial charge < -0.3 is 5.32 Å². The Hall–Kier alpha value is -1.56. The van der Waals surface area contributed by atoms with E-state index in [-0.39, 0.29) is 8.85 Å². The van der Waals surface area contributed by atoms with E-state index in [1.807, 2.05) is 0 Å². The van der Waals surface area contributed by atoms with Crippen LogP contribution in [-0.4, -0.2) is 7.05 Å². The molecule has 0 radical (unpaired) electrons. The maximum atomic E-state index is 12.3. The van der Waals surface area contributed by atoms with Crippen LogP contribution in [0, 0.1) is 24.0 Å². The highest BCUT2D eigenvalue weighted by molar-refractivity contribution is 5.42. The van der Waals surface area contributed by atoms with Crippen molar-refractivity contribution in [2.75, 3.05) is 12.4 Å². The molecule has 0 aliphatic carbocycles. The van der Waals surface area contributed by atoms with E-state index in [4.69, 9.17) is 0 Å². The van der Waals surface area contributed by atoms with Crippen LogP contribution in [0.2, 0.25) is 0 Å². The lowest BCUT2D eigenvalue weighted by atomic mass is 10.3. The standard InChI is InChI=1S/C7H7F2N.C3H4.CH4.H2/c1-10-7-3-5(8)2-6(9)4-7;1-3-2;;/h2-4,10H,1H3;1H,2H3;1H4;1H. The number of benzene rings is 1. The van der Waals surface area contributed by atoms with Gasteiger partial charge in [0.1, 0.15) is 11.6 Å². The molecule has 0 bridgehead atoms. The van der Waals surface area contributed by atoms with Crippen LogP contribution in [0.4, 0.5) is 14.5 Å². The van der Waals surface area contributed by atoms with Crippen LogP contribution < -0.4 is 5.32 Å². The molecule has 1 aromatic rings. The number of hydrogen-bond acceptors (Lipinski definition) is 1. The van der Waals surface area contributed by atoms with E-state index >= 15 is 0 Å². The Morgan fingerprint density at radius 2 is 1.64 bits per heavy atom. The van der Waals surface area contributed by atoms with Gasteiger partial charge in [-0.2, -0.15) is 0 Å². The van der Waals surface area contributed by atoms with Gasteiger partial charge in [0.25, 0.3) is 0 Å². The van der Waals surface area contributed by atoms with E-state index in [2.05, 4.69) is 17.7 Å². The summed E-state index contributed by atoms with van der Waals surface area (Å²) in [6.07, 6.45) is 4.60. The second-order valence-electron chi connectivity index (χ2n) is 2.20. The topological polar surface area (TPSA) is 12.0 Å². The van der Waals surface area contributed by atoms with Crippen molar-refractivity contribution in [3.63, 3.8) is 0 Å². The Labute approximate surface area is 85.6 Å². The number of rotatable bonds is 1. The predicted octanol–water partition coefficient (Wildman–Crippen LogP) is 3.53. The number of terminal acetylenes is 1. The van der Waals surface area contributed by atoms with E-state index in [9.17, 15) is 8.78 Å². The van der Waals surface area contributed by atoms with Crippen LogP contribution in [0.25, 0.3) is 0 Å². The molecule has 0 fully saturated rings. The van der Waals surface area contributed by atoms with E-state index in [0.717, 1.165) is 6.07 Å². The smallest absolute Gasteiger partial charge is 0.128 e. The van der Waals surface area contributed by atoms with Gasteiger partial charge in [-0.25, -0.2) is 8.78 Å². The molecule has 1 nitrogen and oxygen atoms in total. The normalized spacial score (nSPS) is 7.36. The number of nitrogens with one attached hydrogen (secondary N) is 1. The SMILES string of the molecule is C.C#CC.CNc1cc(F)cc(F)c1.[HH]. The second-order valence-corrected chi connectivity index (χ2v) is 2.20. The third-order valence-electron chi connectivity index (χ3n) is 1.15. The van der Waals surface area contributed by atoms with E-state index < -0.39 is 11.6 Å². The lowest BCUT2D eigenvalue weighted by Gasteiger charge is -1.98. The van der Waals surface area contributed by atoms with Gasteiger partial charge in [-0.15, -0.1) is 12.3 Å². The van der Waals surface area contributed by atoms with Crippen molar-refractivity contribution in [1.82, 2.24) is 0 Å². The average Bonchev–Trinajstić information content (AvgIpc) is 2.04. The van der Waals surface area contributed by atoms with E-state index in [1.165, 1.54) is 12.1 Å². The molecule has 1 aromatic carbocycles. The first kappa shape index (κ1) is 14.9. The highest BCUT2D eigenvalue weighted by Gasteiger charge is 1.96. The first-order valence-electron chi connectivity index (χ1n) is 3.65. The van der Waals surface area contributed by atoms with Crippen molar-refractivity contribution >= 4 is 5.69 Å². The minimum atomic E-state index is -0.565. The summed E-state index contributed by atoms with van der Waals surface area (Å²) in [5, 5.41) is 2.63. The maximum absolute atomic E-state index is 12.3. The average molecular weight is 201 g/mol. The van der Waals surface area contributed by atoms with Crippen molar-refractivity contribution in [3.05, 3.63) is 29.8 Å². The molecule has 0 saturated heterocycles. The summed E-state index contributed by atoms with van der Waals surface area (Å²) in [5.74, 6) is 1.12. The molecular weight excluding hydrogens is 184 g/mol. The summed E-state index contributed by atoms with van der Waals surface area (Å²) in [4.78, 5) is 0. The summed E-state index contributed by atoms with van der Waals surface area (Å²) in [7, 11) is 1.61. The van der Waals surface area contributed by atoms with Gasteiger partial charge in [0.15, 0.2) is 0 Å². The molecule has 0 spiro atoms. The zero-order valence-electron chi connectivity index (χ0n) is 7.57. The molecule has 1 rings (SSSR count). The molecule has 3 heteroatoms. The zero-order chi connectivity index (χ0) is 10.3. The van der Waals surface area contributed by atoms with Crippen LogP contribution in [-0.2, 0) is 0 Å². The number of halogens is 2. The summed E-state index contributed by atoms with van der Waals surface area (Å²) in [6.45, 7) is 1.65. The Balaban J connectivity index is -0.000000260. The van der Waals surface area contributed by atoms with Crippen LogP contribution in [0.3, 0.4) is 0 Å². The molecule has 0 unspecified atom stereocenters. The number of hydrogen-bond donors (Lipinski definition) is 1. The summed E-state index contributed by atoms with van der Waals surface area (Å²) in [6, 6.07) is 3.28. The van der Waals surface area contributed by atoms with Gasteiger partial charge in [0.05, 0.1) is 0 Å². The zero-order valence-corrected chi connectivity index (χ0v) is 7.57. The fraction of sp³-hybridized carbons (Fsp3) is 0.273. The minimum Gasteiger partial charge on any atom is -0.388 e. The van der Waals surface area contributed by atoms with E-state index in [1.54, 1.807) is 14.0 Å². The largest absolute Gasteiger partial charge is 0.388 e. The lowest BCUT2D eigenvalue weighted by Crippen LogP contribution is -1.89. The van der Waals surface area contributed by atoms with Gasteiger partial charge in [-0.1, -0.05) is 7.43 Å². The van der Waals surface area contributed by atoms with Crippen molar-refractivity contribution in [3.8, 4) is 12.3 Å². The van der Waals surface area contributed by atoms with Gasteiger partial charge >= 0.3 is 0 Å². The summed E-state index contributed by atoms with van der Waals surface area (Å²) < 4.78 is 24.7. The molecule has 0 heterocycles. The summed E-state index contributed by atoms with van der Waals surface area (Å²) >= 11 is 0. The molecule has 0 saturated carbocycles. The quantitative estimate of drug-likeness (QED) is 0.685. The van der Waals surface area contributed by atoms with Crippen LogP contribution in [0.15, 0.2) is 18.2 Å². The molecule has 1 N–H and O–H groups in total. The third-order valence-corrected chi connectivity index (χ3v) is 1.15. The van der Waals surface area contributed by atoms with Crippen molar-refractivity contribution < 1.29 is 10.2 Å². The van der Waals surface area contributed by atoms with Crippen molar-refractivity contribution in [1.29, 1.82) is 0 Å². The molecule has 14 heavy (non-hydrogen) atoms. The van der Waals surface area contributed by atoms with Crippen LogP contribution in [0.1, 0.15) is 15.8 Å². The first-order chi connectivity index (χ1) is 6.13. The fourth-order valence-electron chi connectivity index (χ4n) is 0.698. The second kappa shape index (κ2) is 8.06. The predicted molar refractivity (Wildman–Crippen MR) is 59.3 cm³/mol. The Morgan fingerprint density at radius 3 is 1.93 bits per heavy atom. The van der Waals surface area contributed by atoms with E-state index in [0.29, 0.717) is 5.69 Å². The number of anilines is 1. The van der Waals surface area contributed by atoms with Gasteiger partial charge in [-0.05, 0) is 19.1 Å². The molecule has 80 valence electrons. The third kappa shape index (κ3) is 6.01. The molecular formula is C11H17F2N. The van der Waals surface area contributed by atoms with Gasteiger partial charge in [0, 0.05) is 20.2 Å². The Kier molecular flexibility index (Phi) is 8.60. The molecule has 0 aliphatic rings. The van der Waals surface area contributed by atoms with Crippen LogP contribution >= 0.6 is 0 Å². The highest BCUT2D eigenvalue weighted by Crippen LogP contribution is 2.11. The minimum absolute atomic E-state index is 0. The monoisotopic (exact) mass is 201 g/mol. The fourth-order valence-corrected chi connectivity index (χ4v) is 0.698. The van der Waals surface area contributed by atoms with Gasteiger partial charge in [0.2, 0.25) is 0 Å². The van der Waals surface area contributed by atoms with Crippen molar-refractivity contribution in [2.45, 2.75) is 14.4 Å².